The number of non-ortho nitro benzene ring substituents is 1. The normalized spacial score (nSPS) is 15.3. The van der Waals surface area contributed by atoms with Gasteiger partial charge in [-0.1, -0.05) is 27.7 Å². The summed E-state index contributed by atoms with van der Waals surface area (Å²) in [6, 6.07) is 4.66. The third-order valence-corrected chi connectivity index (χ3v) is 6.09. The number of ketones is 2. The van der Waals surface area contributed by atoms with Crippen LogP contribution in [-0.2, 0) is 20.9 Å². The quantitative estimate of drug-likeness (QED) is 0.0955. The second-order valence-electron chi connectivity index (χ2n) is 9.64. The van der Waals surface area contributed by atoms with Gasteiger partial charge in [0.05, 0.1) is 17.2 Å². The Labute approximate surface area is 223 Å². The molecule has 1 fully saturated rings. The molecule has 0 spiro atoms. The lowest BCUT2D eigenvalue weighted by Crippen LogP contribution is -2.51. The maximum atomic E-state index is 13.0. The molecule has 3 rings (SSSR count). The number of hydrogen-bond acceptors (Lipinski definition) is 11. The fourth-order valence-corrected chi connectivity index (χ4v) is 3.89. The summed E-state index contributed by atoms with van der Waals surface area (Å²) < 4.78 is 5.91. The van der Waals surface area contributed by atoms with Gasteiger partial charge in [0.2, 0.25) is 17.5 Å². The molecule has 1 aliphatic rings. The standard InChI is InChI=1S/C25H30N6O8/c1-13(2)21(23(33)24(34)22(29-36)14(3)4)26-10-16-9-18(15-5-7-17(8-6-15)31(37)38)39-19(16)11-27-30-12-20(32)28-25(30)35/h5-9,11,13-14,21-22,26,29,36H,10,12H2,1-4H3,(H,28,32,35)/b27-11+/t21-,22-/m0/s1. The number of amides is 3. The summed E-state index contributed by atoms with van der Waals surface area (Å²) in [6.07, 6.45) is 1.24. The van der Waals surface area contributed by atoms with E-state index in [0.717, 1.165) is 5.01 Å². The molecule has 4 N–H and O–H groups in total. The molecule has 2 atom stereocenters. The zero-order valence-electron chi connectivity index (χ0n) is 21.8. The predicted molar refractivity (Wildman–Crippen MR) is 138 cm³/mol. The van der Waals surface area contributed by atoms with Crippen LogP contribution in [0.1, 0.15) is 39.0 Å². The van der Waals surface area contributed by atoms with Crippen LogP contribution >= 0.6 is 0 Å². The molecule has 2 heterocycles. The van der Waals surface area contributed by atoms with Crippen LogP contribution < -0.4 is 16.1 Å². The first-order valence-electron chi connectivity index (χ1n) is 12.2. The fourth-order valence-electron chi connectivity index (χ4n) is 3.89. The van der Waals surface area contributed by atoms with E-state index in [2.05, 4.69) is 15.7 Å². The van der Waals surface area contributed by atoms with Crippen molar-refractivity contribution in [1.82, 2.24) is 21.1 Å². The minimum absolute atomic E-state index is 0.0454. The van der Waals surface area contributed by atoms with Crippen LogP contribution in [-0.4, -0.2) is 63.5 Å². The summed E-state index contributed by atoms with van der Waals surface area (Å²) in [6.45, 7) is 6.71. The van der Waals surface area contributed by atoms with Crippen LogP contribution in [0.2, 0.25) is 0 Å². The van der Waals surface area contributed by atoms with Crippen molar-refractivity contribution in [2.24, 2.45) is 16.9 Å². The number of benzene rings is 1. The van der Waals surface area contributed by atoms with Gasteiger partial charge in [-0.25, -0.2) is 9.80 Å². The van der Waals surface area contributed by atoms with Crippen molar-refractivity contribution < 1.29 is 33.7 Å². The fraction of sp³-hybridized carbons (Fsp3) is 0.400. The molecular formula is C25H30N6O8. The maximum Gasteiger partial charge on any atom is 0.344 e. The summed E-state index contributed by atoms with van der Waals surface area (Å²) in [5.41, 5.74) is 2.84. The number of imide groups is 1. The van der Waals surface area contributed by atoms with Gasteiger partial charge < -0.3 is 14.9 Å². The van der Waals surface area contributed by atoms with Crippen molar-refractivity contribution >= 4 is 35.4 Å². The maximum absolute atomic E-state index is 13.0. The van der Waals surface area contributed by atoms with Crippen LogP contribution in [0.5, 0.6) is 0 Å². The van der Waals surface area contributed by atoms with Crippen molar-refractivity contribution in [1.29, 1.82) is 0 Å². The van der Waals surface area contributed by atoms with E-state index in [1.54, 1.807) is 33.8 Å². The lowest BCUT2D eigenvalue weighted by molar-refractivity contribution is -0.384. The average Bonchev–Trinajstić information content (AvgIpc) is 3.44. The van der Waals surface area contributed by atoms with Crippen LogP contribution in [0.25, 0.3) is 11.3 Å². The van der Waals surface area contributed by atoms with Gasteiger partial charge in [0.1, 0.15) is 18.3 Å². The summed E-state index contributed by atoms with van der Waals surface area (Å²) in [5.74, 6) is -2.06. The number of nitrogens with one attached hydrogen (secondary N) is 3. The molecule has 0 bridgehead atoms. The van der Waals surface area contributed by atoms with Gasteiger partial charge in [-0.15, -0.1) is 0 Å². The number of carbonyl (C=O) groups excluding carboxylic acids is 4. The average molecular weight is 543 g/mol. The Morgan fingerprint density at radius 1 is 1.15 bits per heavy atom. The van der Waals surface area contributed by atoms with E-state index in [4.69, 9.17) is 4.42 Å². The number of nitro groups is 1. The Kier molecular flexibility index (Phi) is 9.40. The largest absolute Gasteiger partial charge is 0.455 e. The van der Waals surface area contributed by atoms with Crippen molar-refractivity contribution in [3.05, 3.63) is 51.8 Å². The summed E-state index contributed by atoms with van der Waals surface area (Å²) in [5, 5.41) is 30.5. The van der Waals surface area contributed by atoms with Gasteiger partial charge in [0.15, 0.2) is 5.76 Å². The number of hydroxylamine groups is 1. The number of urea groups is 1. The topological polar surface area (TPSA) is 196 Å². The van der Waals surface area contributed by atoms with Gasteiger partial charge in [-0.3, -0.25) is 29.8 Å². The summed E-state index contributed by atoms with van der Waals surface area (Å²) >= 11 is 0. The summed E-state index contributed by atoms with van der Waals surface area (Å²) in [7, 11) is 0. The van der Waals surface area contributed by atoms with E-state index in [9.17, 15) is 34.5 Å². The van der Waals surface area contributed by atoms with Crippen molar-refractivity contribution in [3.8, 4) is 11.3 Å². The van der Waals surface area contributed by atoms with Gasteiger partial charge in [-0.05, 0) is 30.0 Å². The molecule has 0 aliphatic carbocycles. The van der Waals surface area contributed by atoms with Gasteiger partial charge in [0, 0.05) is 29.8 Å². The lowest BCUT2D eigenvalue weighted by Gasteiger charge is -2.24. The zero-order valence-corrected chi connectivity index (χ0v) is 21.8. The second kappa shape index (κ2) is 12.5. The Balaban J connectivity index is 1.90. The third-order valence-electron chi connectivity index (χ3n) is 6.09. The highest BCUT2D eigenvalue weighted by atomic mass is 16.6. The molecule has 1 saturated heterocycles. The number of carbonyl (C=O) groups is 4. The van der Waals surface area contributed by atoms with Crippen molar-refractivity contribution in [2.45, 2.75) is 46.3 Å². The molecular weight excluding hydrogens is 512 g/mol. The Bertz CT molecular complexity index is 1280. The predicted octanol–water partition coefficient (Wildman–Crippen LogP) is 2.00. The van der Waals surface area contributed by atoms with Crippen LogP contribution in [0.15, 0.2) is 39.9 Å². The van der Waals surface area contributed by atoms with E-state index in [1.165, 1.54) is 30.5 Å². The first-order chi connectivity index (χ1) is 18.4. The van der Waals surface area contributed by atoms with E-state index in [1.807, 2.05) is 5.48 Å². The van der Waals surface area contributed by atoms with E-state index in [-0.39, 0.29) is 36.4 Å². The SMILES string of the molecule is CC(C)[C@H](NO)C(=O)C(=O)[C@@H](NCc1cc(-c2ccc([N+](=O)[O-])cc2)oc1/C=N/N1CC(=O)NC1=O)C(C)C. The number of nitrogens with zero attached hydrogens (tertiary/aromatic N) is 3. The van der Waals surface area contributed by atoms with E-state index < -0.39 is 40.5 Å². The number of nitro benzene ring substituents is 1. The number of rotatable bonds is 13. The molecule has 39 heavy (non-hydrogen) atoms. The lowest BCUT2D eigenvalue weighted by atomic mass is 9.90. The Morgan fingerprint density at radius 2 is 1.77 bits per heavy atom. The molecule has 1 aromatic heterocycles. The Morgan fingerprint density at radius 3 is 2.28 bits per heavy atom. The van der Waals surface area contributed by atoms with Gasteiger partial charge in [0.25, 0.3) is 5.69 Å². The number of furan rings is 1. The smallest absolute Gasteiger partial charge is 0.344 e. The van der Waals surface area contributed by atoms with Crippen LogP contribution in [0.3, 0.4) is 0 Å². The van der Waals surface area contributed by atoms with Crippen LogP contribution in [0, 0.1) is 22.0 Å². The number of hydrogen-bond donors (Lipinski definition) is 4. The molecule has 0 radical (unpaired) electrons. The highest BCUT2D eigenvalue weighted by Crippen LogP contribution is 2.27. The molecule has 0 saturated carbocycles. The highest BCUT2D eigenvalue weighted by molar-refractivity contribution is 6.41. The second-order valence-corrected chi connectivity index (χ2v) is 9.64. The minimum Gasteiger partial charge on any atom is -0.455 e. The van der Waals surface area contributed by atoms with E-state index in [0.29, 0.717) is 16.9 Å². The number of hydrazone groups is 1. The monoisotopic (exact) mass is 542 g/mol. The molecule has 14 heteroatoms. The molecule has 1 aliphatic heterocycles. The van der Waals surface area contributed by atoms with Gasteiger partial charge >= 0.3 is 6.03 Å². The molecule has 208 valence electrons. The molecule has 3 amide bonds. The molecule has 1 aromatic carbocycles. The van der Waals surface area contributed by atoms with E-state index >= 15 is 0 Å². The summed E-state index contributed by atoms with van der Waals surface area (Å²) in [4.78, 5) is 59.6. The third kappa shape index (κ3) is 6.98. The first-order valence-corrected chi connectivity index (χ1v) is 12.2. The highest BCUT2D eigenvalue weighted by Gasteiger charge is 2.34. The number of Topliss-reactive ketones (excluding diaryl/α,β-unsaturated/α-hetero) is 2. The Hall–Kier alpha value is -4.27. The van der Waals surface area contributed by atoms with Crippen LogP contribution in [0.4, 0.5) is 10.5 Å². The zero-order chi connectivity index (χ0) is 28.9. The van der Waals surface area contributed by atoms with Crippen molar-refractivity contribution in [2.75, 3.05) is 6.54 Å². The molecule has 14 nitrogen and oxygen atoms in total. The molecule has 0 unspecified atom stereocenters. The minimum atomic E-state index is -1.06. The van der Waals surface area contributed by atoms with Gasteiger partial charge in [-0.2, -0.15) is 10.6 Å². The first kappa shape index (κ1) is 29.3. The van der Waals surface area contributed by atoms with Crippen molar-refractivity contribution in [3.63, 3.8) is 0 Å². The molecule has 2 aromatic rings.